The summed E-state index contributed by atoms with van der Waals surface area (Å²) in [7, 11) is 1.36. The predicted octanol–water partition coefficient (Wildman–Crippen LogP) is 2.92. The lowest BCUT2D eigenvalue weighted by Crippen LogP contribution is -2.17. The first kappa shape index (κ1) is 16.4. The summed E-state index contributed by atoms with van der Waals surface area (Å²) in [4.78, 5) is 12.2. The van der Waals surface area contributed by atoms with Crippen LogP contribution in [-0.4, -0.2) is 29.4 Å². The van der Waals surface area contributed by atoms with Crippen molar-refractivity contribution in [2.75, 3.05) is 7.11 Å². The van der Waals surface area contributed by atoms with Gasteiger partial charge in [0.15, 0.2) is 17.3 Å². The van der Waals surface area contributed by atoms with Crippen LogP contribution in [-0.2, 0) is 0 Å². The standard InChI is InChI=1S/C18H16N2O5/c1-10-12-5-3-4-6-14(12)25-17(10)18(23)20-19-9-11-7-13(21)16(22)15(8-11)24-2/h3-9,21-22H,1-2H3,(H,20,23)/b19-9+. The van der Waals surface area contributed by atoms with Crippen LogP contribution in [0.2, 0.25) is 0 Å². The number of nitrogens with one attached hydrogen (secondary N) is 1. The number of hydrogen-bond donors (Lipinski definition) is 3. The smallest absolute Gasteiger partial charge is 0.307 e. The molecule has 2 aromatic carbocycles. The summed E-state index contributed by atoms with van der Waals surface area (Å²) in [5.41, 5.74) is 4.17. The molecule has 1 amide bonds. The average molecular weight is 340 g/mol. The molecule has 0 radical (unpaired) electrons. The third-order valence-electron chi connectivity index (χ3n) is 3.73. The predicted molar refractivity (Wildman–Crippen MR) is 92.3 cm³/mol. The number of carbonyl (C=O) groups is 1. The van der Waals surface area contributed by atoms with Crippen molar-refractivity contribution in [3.05, 3.63) is 53.3 Å². The zero-order valence-corrected chi connectivity index (χ0v) is 13.6. The number of methoxy groups -OCH3 is 1. The molecule has 25 heavy (non-hydrogen) atoms. The monoisotopic (exact) mass is 340 g/mol. The van der Waals surface area contributed by atoms with Crippen molar-refractivity contribution in [2.45, 2.75) is 6.92 Å². The zero-order valence-electron chi connectivity index (χ0n) is 13.6. The molecule has 3 aromatic rings. The maximum absolute atomic E-state index is 12.2. The highest BCUT2D eigenvalue weighted by atomic mass is 16.5. The Hall–Kier alpha value is -3.48. The van der Waals surface area contributed by atoms with Gasteiger partial charge in [-0.2, -0.15) is 5.10 Å². The highest BCUT2D eigenvalue weighted by Gasteiger charge is 2.16. The van der Waals surface area contributed by atoms with Crippen molar-refractivity contribution < 1.29 is 24.2 Å². The Labute approximate surface area is 143 Å². The number of aryl methyl sites for hydroxylation is 1. The molecule has 128 valence electrons. The van der Waals surface area contributed by atoms with Crippen LogP contribution < -0.4 is 10.2 Å². The van der Waals surface area contributed by atoms with Gasteiger partial charge in [0.1, 0.15) is 5.58 Å². The van der Waals surface area contributed by atoms with Gasteiger partial charge in [0.25, 0.3) is 0 Å². The third-order valence-corrected chi connectivity index (χ3v) is 3.73. The van der Waals surface area contributed by atoms with Crippen molar-refractivity contribution in [1.82, 2.24) is 5.43 Å². The van der Waals surface area contributed by atoms with Crippen LogP contribution in [0.5, 0.6) is 17.2 Å². The molecule has 0 unspecified atom stereocenters. The summed E-state index contributed by atoms with van der Waals surface area (Å²) in [6.45, 7) is 1.80. The Balaban J connectivity index is 1.79. The van der Waals surface area contributed by atoms with Crippen LogP contribution in [0.4, 0.5) is 0 Å². The van der Waals surface area contributed by atoms with Crippen LogP contribution in [0.1, 0.15) is 21.7 Å². The van der Waals surface area contributed by atoms with Crippen LogP contribution in [0.15, 0.2) is 45.9 Å². The highest BCUT2D eigenvalue weighted by molar-refractivity contribution is 5.99. The fourth-order valence-corrected chi connectivity index (χ4v) is 2.45. The van der Waals surface area contributed by atoms with E-state index < -0.39 is 5.91 Å². The number of furan rings is 1. The topological polar surface area (TPSA) is 104 Å². The third kappa shape index (κ3) is 3.12. The molecule has 0 aliphatic rings. The van der Waals surface area contributed by atoms with Crippen molar-refractivity contribution in [1.29, 1.82) is 0 Å². The van der Waals surface area contributed by atoms with Gasteiger partial charge in [-0.05, 0) is 25.1 Å². The minimum Gasteiger partial charge on any atom is -0.504 e. The van der Waals surface area contributed by atoms with E-state index in [1.807, 2.05) is 18.2 Å². The number of carbonyl (C=O) groups excluding carboxylic acids is 1. The van der Waals surface area contributed by atoms with E-state index in [1.54, 1.807) is 13.0 Å². The SMILES string of the molecule is COc1cc(/C=N/NC(=O)c2oc3ccccc3c2C)cc(O)c1O. The molecule has 1 aromatic heterocycles. The van der Waals surface area contributed by atoms with Crippen LogP contribution in [0.3, 0.4) is 0 Å². The van der Waals surface area contributed by atoms with E-state index in [9.17, 15) is 15.0 Å². The van der Waals surface area contributed by atoms with E-state index in [0.717, 1.165) is 10.9 Å². The first-order valence-corrected chi connectivity index (χ1v) is 7.42. The fourth-order valence-electron chi connectivity index (χ4n) is 2.45. The molecule has 3 N–H and O–H groups in total. The van der Waals surface area contributed by atoms with Crippen molar-refractivity contribution >= 4 is 23.1 Å². The largest absolute Gasteiger partial charge is 0.504 e. The van der Waals surface area contributed by atoms with Gasteiger partial charge in [-0.1, -0.05) is 18.2 Å². The molecule has 1 heterocycles. The minimum atomic E-state index is -0.486. The maximum Gasteiger partial charge on any atom is 0.307 e. The molecule has 7 nitrogen and oxygen atoms in total. The van der Waals surface area contributed by atoms with Gasteiger partial charge < -0.3 is 19.4 Å². The van der Waals surface area contributed by atoms with Gasteiger partial charge in [-0.15, -0.1) is 0 Å². The summed E-state index contributed by atoms with van der Waals surface area (Å²) in [5, 5.41) is 23.9. The number of phenolic OH excluding ortho intramolecular Hbond substituents is 2. The molecular formula is C18H16N2O5. The van der Waals surface area contributed by atoms with Gasteiger partial charge in [-0.3, -0.25) is 4.79 Å². The average Bonchev–Trinajstić information content (AvgIpc) is 2.95. The second kappa shape index (κ2) is 6.56. The second-order valence-corrected chi connectivity index (χ2v) is 5.34. The number of phenols is 2. The first-order chi connectivity index (χ1) is 12.0. The number of amides is 1. The van der Waals surface area contributed by atoms with Crippen molar-refractivity contribution in [3.63, 3.8) is 0 Å². The lowest BCUT2D eigenvalue weighted by atomic mass is 10.1. The highest BCUT2D eigenvalue weighted by Crippen LogP contribution is 2.35. The number of hydrazone groups is 1. The molecule has 0 spiro atoms. The molecule has 3 rings (SSSR count). The zero-order chi connectivity index (χ0) is 18.0. The molecule has 0 aliphatic heterocycles. The van der Waals surface area contributed by atoms with E-state index in [1.165, 1.54) is 25.5 Å². The number of hydrogen-bond acceptors (Lipinski definition) is 6. The Bertz CT molecular complexity index is 975. The molecule has 0 aliphatic carbocycles. The molecule has 0 saturated carbocycles. The first-order valence-electron chi connectivity index (χ1n) is 7.42. The van der Waals surface area contributed by atoms with Gasteiger partial charge in [0.2, 0.25) is 5.75 Å². The number of rotatable bonds is 4. The van der Waals surface area contributed by atoms with E-state index >= 15 is 0 Å². The molecule has 0 saturated heterocycles. The van der Waals surface area contributed by atoms with Crippen LogP contribution >= 0.6 is 0 Å². The lowest BCUT2D eigenvalue weighted by Gasteiger charge is -2.06. The van der Waals surface area contributed by atoms with Crippen molar-refractivity contribution in [3.8, 4) is 17.2 Å². The minimum absolute atomic E-state index is 0.0981. The number of para-hydroxylation sites is 1. The van der Waals surface area contributed by atoms with E-state index in [4.69, 9.17) is 9.15 Å². The van der Waals surface area contributed by atoms with E-state index in [0.29, 0.717) is 11.1 Å². The van der Waals surface area contributed by atoms with Gasteiger partial charge in [-0.25, -0.2) is 5.43 Å². The molecule has 0 atom stereocenters. The summed E-state index contributed by atoms with van der Waals surface area (Å²) < 4.78 is 10.5. The fraction of sp³-hybridized carbons (Fsp3) is 0.111. The van der Waals surface area contributed by atoms with Gasteiger partial charge >= 0.3 is 5.91 Å². The number of benzene rings is 2. The van der Waals surface area contributed by atoms with E-state index in [2.05, 4.69) is 10.5 Å². The lowest BCUT2D eigenvalue weighted by molar-refractivity contribution is 0.0929. The summed E-state index contributed by atoms with van der Waals surface area (Å²) in [5.74, 6) is -0.910. The Morgan fingerprint density at radius 1 is 1.28 bits per heavy atom. The summed E-state index contributed by atoms with van der Waals surface area (Å²) >= 11 is 0. The van der Waals surface area contributed by atoms with E-state index in [-0.39, 0.29) is 23.0 Å². The Morgan fingerprint density at radius 3 is 2.76 bits per heavy atom. The summed E-state index contributed by atoms with van der Waals surface area (Å²) in [6.07, 6.45) is 1.32. The Kier molecular flexibility index (Phi) is 4.30. The molecule has 0 bridgehead atoms. The van der Waals surface area contributed by atoms with Crippen molar-refractivity contribution in [2.24, 2.45) is 5.10 Å². The van der Waals surface area contributed by atoms with Gasteiger partial charge in [0.05, 0.1) is 13.3 Å². The maximum atomic E-state index is 12.2. The molecule has 0 fully saturated rings. The molecular weight excluding hydrogens is 324 g/mol. The number of ether oxygens (including phenoxy) is 1. The quantitative estimate of drug-likeness (QED) is 0.385. The summed E-state index contributed by atoms with van der Waals surface area (Å²) in [6, 6.07) is 10.1. The number of fused-ring (bicyclic) bond motifs is 1. The van der Waals surface area contributed by atoms with Crippen LogP contribution in [0, 0.1) is 6.92 Å². The van der Waals surface area contributed by atoms with Gasteiger partial charge in [0, 0.05) is 16.5 Å². The second-order valence-electron chi connectivity index (χ2n) is 5.34. The number of aromatic hydroxyl groups is 2. The van der Waals surface area contributed by atoms with Crippen LogP contribution in [0.25, 0.3) is 11.0 Å². The normalized spacial score (nSPS) is 11.1. The number of nitrogens with zero attached hydrogens (tertiary/aromatic N) is 1. The molecule has 7 heteroatoms. The Morgan fingerprint density at radius 2 is 2.04 bits per heavy atom.